The fourth-order valence-electron chi connectivity index (χ4n) is 0.991. The summed E-state index contributed by atoms with van der Waals surface area (Å²) in [7, 11) is 0. The van der Waals surface area contributed by atoms with Gasteiger partial charge in [0.05, 0.1) is 5.71 Å². The first-order chi connectivity index (χ1) is 6.15. The van der Waals surface area contributed by atoms with Crippen LogP contribution in [0.2, 0.25) is 0 Å². The van der Waals surface area contributed by atoms with Crippen LogP contribution in [0, 0.1) is 0 Å². The minimum atomic E-state index is -0.975. The van der Waals surface area contributed by atoms with Gasteiger partial charge >= 0.3 is 0 Å². The lowest BCUT2D eigenvalue weighted by Crippen LogP contribution is -2.07. The molecule has 1 atom stereocenters. The number of hydrogen-bond donors (Lipinski definition) is 3. The molecule has 4 nitrogen and oxygen atoms in total. The number of aliphatic hydroxyl groups excluding tert-OH is 1. The van der Waals surface area contributed by atoms with Crippen LogP contribution in [0.3, 0.4) is 0 Å². The molecule has 3 N–H and O–H groups in total. The Kier molecular flexibility index (Phi) is 2.87. The second-order valence-electron chi connectivity index (χ2n) is 2.74. The van der Waals surface area contributed by atoms with Crippen molar-refractivity contribution >= 4 is 5.71 Å². The van der Waals surface area contributed by atoms with Crippen molar-refractivity contribution in [2.45, 2.75) is 13.0 Å². The van der Waals surface area contributed by atoms with E-state index in [2.05, 4.69) is 5.16 Å². The van der Waals surface area contributed by atoms with Crippen LogP contribution < -0.4 is 0 Å². The smallest absolute Gasteiger partial charge is 0.120 e. The van der Waals surface area contributed by atoms with E-state index < -0.39 is 6.10 Å². The summed E-state index contributed by atoms with van der Waals surface area (Å²) in [6.07, 6.45) is -0.975. The van der Waals surface area contributed by atoms with E-state index in [1.165, 1.54) is 19.1 Å². The summed E-state index contributed by atoms with van der Waals surface area (Å²) in [5.74, 6) is 0.0716. The topological polar surface area (TPSA) is 73.1 Å². The van der Waals surface area contributed by atoms with Gasteiger partial charge in [0.2, 0.25) is 0 Å². The Labute approximate surface area is 75.8 Å². The van der Waals surface area contributed by atoms with E-state index in [1.807, 2.05) is 0 Å². The summed E-state index contributed by atoms with van der Waals surface area (Å²) in [4.78, 5) is 0. The molecule has 0 spiro atoms. The van der Waals surface area contributed by atoms with Crippen LogP contribution >= 0.6 is 0 Å². The van der Waals surface area contributed by atoms with Crippen LogP contribution in [-0.4, -0.2) is 21.1 Å². The molecule has 0 amide bonds. The molecule has 0 aromatic heterocycles. The van der Waals surface area contributed by atoms with Gasteiger partial charge in [-0.05, 0) is 24.6 Å². The number of hydrogen-bond acceptors (Lipinski definition) is 4. The van der Waals surface area contributed by atoms with Crippen molar-refractivity contribution in [3.05, 3.63) is 29.8 Å². The van der Waals surface area contributed by atoms with Crippen molar-refractivity contribution in [1.82, 2.24) is 0 Å². The van der Waals surface area contributed by atoms with E-state index in [9.17, 15) is 5.11 Å². The maximum atomic E-state index is 9.51. The quantitative estimate of drug-likeness (QED) is 0.365. The standard InChI is InChI=1S/C9H11NO3/c1-6(10-13)9(12)7-3-2-4-8(11)5-7/h2-5,9,11-13H,1H3. The fourth-order valence-corrected chi connectivity index (χ4v) is 0.991. The first kappa shape index (κ1) is 9.54. The first-order valence-corrected chi connectivity index (χ1v) is 3.80. The summed E-state index contributed by atoms with van der Waals surface area (Å²) in [5, 5.41) is 29.9. The zero-order valence-corrected chi connectivity index (χ0v) is 7.18. The minimum Gasteiger partial charge on any atom is -0.508 e. The molecule has 1 aromatic rings. The van der Waals surface area contributed by atoms with E-state index in [1.54, 1.807) is 12.1 Å². The van der Waals surface area contributed by atoms with Gasteiger partial charge in [0.1, 0.15) is 11.9 Å². The highest BCUT2D eigenvalue weighted by Gasteiger charge is 2.11. The van der Waals surface area contributed by atoms with E-state index in [4.69, 9.17) is 10.3 Å². The summed E-state index contributed by atoms with van der Waals surface area (Å²) >= 11 is 0. The largest absolute Gasteiger partial charge is 0.508 e. The third kappa shape index (κ3) is 2.19. The second kappa shape index (κ2) is 3.91. The highest BCUT2D eigenvalue weighted by atomic mass is 16.4. The zero-order chi connectivity index (χ0) is 9.84. The molecule has 1 rings (SSSR count). The lowest BCUT2D eigenvalue weighted by atomic mass is 10.1. The molecule has 13 heavy (non-hydrogen) atoms. The Hall–Kier alpha value is -1.55. The predicted octanol–water partition coefficient (Wildman–Crippen LogP) is 1.28. The molecule has 4 heteroatoms. The summed E-state index contributed by atoms with van der Waals surface area (Å²) in [6, 6.07) is 6.17. The maximum Gasteiger partial charge on any atom is 0.120 e. The fraction of sp³-hybridized carbons (Fsp3) is 0.222. The number of rotatable bonds is 2. The van der Waals surface area contributed by atoms with Gasteiger partial charge in [0.25, 0.3) is 0 Å². The monoisotopic (exact) mass is 181 g/mol. The van der Waals surface area contributed by atoms with Crippen molar-refractivity contribution < 1.29 is 15.4 Å². The number of benzene rings is 1. The van der Waals surface area contributed by atoms with Crippen molar-refractivity contribution in [3.8, 4) is 5.75 Å². The molecule has 1 unspecified atom stereocenters. The van der Waals surface area contributed by atoms with E-state index >= 15 is 0 Å². The lowest BCUT2D eigenvalue weighted by molar-refractivity contribution is 0.233. The third-order valence-electron chi connectivity index (χ3n) is 1.74. The summed E-state index contributed by atoms with van der Waals surface area (Å²) in [6.45, 7) is 1.49. The third-order valence-corrected chi connectivity index (χ3v) is 1.74. The van der Waals surface area contributed by atoms with Crippen LogP contribution in [0.25, 0.3) is 0 Å². The van der Waals surface area contributed by atoms with Gasteiger partial charge in [-0.1, -0.05) is 17.3 Å². The molecular weight excluding hydrogens is 170 g/mol. The molecule has 0 saturated heterocycles. The van der Waals surface area contributed by atoms with Crippen LogP contribution in [-0.2, 0) is 0 Å². The van der Waals surface area contributed by atoms with E-state index in [0.29, 0.717) is 5.56 Å². The molecule has 0 saturated carbocycles. The summed E-state index contributed by atoms with van der Waals surface area (Å²) in [5.41, 5.74) is 0.681. The van der Waals surface area contributed by atoms with Crippen LogP contribution in [0.5, 0.6) is 5.75 Å². The number of aliphatic hydroxyl groups is 1. The maximum absolute atomic E-state index is 9.51. The second-order valence-corrected chi connectivity index (χ2v) is 2.74. The Morgan fingerprint density at radius 1 is 1.46 bits per heavy atom. The Morgan fingerprint density at radius 2 is 2.15 bits per heavy atom. The van der Waals surface area contributed by atoms with Gasteiger partial charge < -0.3 is 15.4 Å². The molecule has 0 radical (unpaired) electrons. The lowest BCUT2D eigenvalue weighted by Gasteiger charge is -2.08. The van der Waals surface area contributed by atoms with Gasteiger partial charge in [-0.3, -0.25) is 0 Å². The molecular formula is C9H11NO3. The average Bonchev–Trinajstić information content (AvgIpc) is 2.15. The van der Waals surface area contributed by atoms with E-state index in [-0.39, 0.29) is 11.5 Å². The number of oxime groups is 1. The van der Waals surface area contributed by atoms with Gasteiger partial charge in [-0.15, -0.1) is 0 Å². The van der Waals surface area contributed by atoms with Gasteiger partial charge in [-0.25, -0.2) is 0 Å². The molecule has 1 aromatic carbocycles. The molecule has 0 aliphatic heterocycles. The number of phenolic OH excluding ortho intramolecular Hbond substituents is 1. The van der Waals surface area contributed by atoms with Crippen molar-refractivity contribution in [2.24, 2.45) is 5.16 Å². The van der Waals surface area contributed by atoms with Crippen molar-refractivity contribution in [3.63, 3.8) is 0 Å². The molecule has 0 fully saturated rings. The molecule has 70 valence electrons. The number of aromatic hydroxyl groups is 1. The van der Waals surface area contributed by atoms with Crippen LogP contribution in [0.15, 0.2) is 29.4 Å². The Bertz CT molecular complexity index is 322. The van der Waals surface area contributed by atoms with Crippen molar-refractivity contribution in [1.29, 1.82) is 0 Å². The minimum absolute atomic E-state index is 0.0716. The highest BCUT2D eigenvalue weighted by Crippen LogP contribution is 2.18. The van der Waals surface area contributed by atoms with Crippen LogP contribution in [0.4, 0.5) is 0 Å². The Balaban J connectivity index is 2.95. The molecule has 0 aliphatic carbocycles. The average molecular weight is 181 g/mol. The van der Waals surface area contributed by atoms with Gasteiger partial charge in [0.15, 0.2) is 0 Å². The Morgan fingerprint density at radius 3 is 2.69 bits per heavy atom. The first-order valence-electron chi connectivity index (χ1n) is 3.80. The van der Waals surface area contributed by atoms with Crippen molar-refractivity contribution in [2.75, 3.05) is 0 Å². The van der Waals surface area contributed by atoms with Crippen LogP contribution in [0.1, 0.15) is 18.6 Å². The molecule has 0 aliphatic rings. The van der Waals surface area contributed by atoms with Gasteiger partial charge in [0, 0.05) is 0 Å². The highest BCUT2D eigenvalue weighted by molar-refractivity contribution is 5.86. The zero-order valence-electron chi connectivity index (χ0n) is 7.18. The number of phenols is 1. The molecule has 0 heterocycles. The predicted molar refractivity (Wildman–Crippen MR) is 48.0 cm³/mol. The summed E-state index contributed by atoms with van der Waals surface area (Å²) < 4.78 is 0. The van der Waals surface area contributed by atoms with E-state index in [0.717, 1.165) is 0 Å². The molecule has 0 bridgehead atoms. The SMILES string of the molecule is CC(=NO)C(O)c1cccc(O)c1. The normalized spacial score (nSPS) is 14.2. The van der Waals surface area contributed by atoms with Gasteiger partial charge in [-0.2, -0.15) is 0 Å². The number of nitrogens with zero attached hydrogens (tertiary/aromatic N) is 1.